The molecule has 5 nitrogen and oxygen atoms in total. The SMILES string of the molecule is CN(C[C@H]1CCCN(CCc2ccc(Cl)cc2)C1)C(=O)c1cn[nH]c1. The Labute approximate surface area is 154 Å². The number of likely N-dealkylation sites (tertiary alicyclic amines) is 1. The number of nitrogens with zero attached hydrogens (tertiary/aromatic N) is 3. The van der Waals surface area contributed by atoms with Gasteiger partial charge in [0.05, 0.1) is 11.8 Å². The molecule has 0 bridgehead atoms. The first-order chi connectivity index (χ1) is 12.1. The van der Waals surface area contributed by atoms with E-state index in [2.05, 4.69) is 27.2 Å². The fraction of sp³-hybridized carbons (Fsp3) is 0.474. The number of amides is 1. The van der Waals surface area contributed by atoms with E-state index in [0.717, 1.165) is 37.6 Å². The molecule has 1 aliphatic rings. The minimum absolute atomic E-state index is 0.0343. The number of aromatic nitrogens is 2. The summed E-state index contributed by atoms with van der Waals surface area (Å²) in [6.45, 7) is 4.04. The molecule has 25 heavy (non-hydrogen) atoms. The molecule has 1 saturated heterocycles. The van der Waals surface area contributed by atoms with Gasteiger partial charge in [-0.1, -0.05) is 23.7 Å². The molecule has 1 fully saturated rings. The lowest BCUT2D eigenvalue weighted by Crippen LogP contribution is -2.42. The molecule has 1 aromatic carbocycles. The van der Waals surface area contributed by atoms with Crippen LogP contribution in [0.3, 0.4) is 0 Å². The van der Waals surface area contributed by atoms with E-state index in [9.17, 15) is 4.79 Å². The fourth-order valence-electron chi connectivity index (χ4n) is 3.50. The highest BCUT2D eigenvalue weighted by Crippen LogP contribution is 2.19. The molecule has 0 saturated carbocycles. The van der Waals surface area contributed by atoms with Crippen LogP contribution in [0.15, 0.2) is 36.7 Å². The van der Waals surface area contributed by atoms with Crippen molar-refractivity contribution in [2.45, 2.75) is 19.3 Å². The van der Waals surface area contributed by atoms with E-state index in [1.165, 1.54) is 18.4 Å². The van der Waals surface area contributed by atoms with Crippen molar-refractivity contribution in [3.8, 4) is 0 Å². The van der Waals surface area contributed by atoms with Crippen molar-refractivity contribution in [2.24, 2.45) is 5.92 Å². The van der Waals surface area contributed by atoms with Crippen molar-refractivity contribution in [1.82, 2.24) is 20.0 Å². The van der Waals surface area contributed by atoms with Gasteiger partial charge in [-0.15, -0.1) is 0 Å². The van der Waals surface area contributed by atoms with Gasteiger partial charge in [-0.25, -0.2) is 0 Å². The first-order valence-electron chi connectivity index (χ1n) is 8.83. The molecule has 1 aromatic heterocycles. The van der Waals surface area contributed by atoms with E-state index >= 15 is 0 Å². The van der Waals surface area contributed by atoms with Crippen molar-refractivity contribution in [2.75, 3.05) is 33.2 Å². The van der Waals surface area contributed by atoms with Gasteiger partial charge in [0.25, 0.3) is 5.91 Å². The van der Waals surface area contributed by atoms with Gasteiger partial charge in [0.2, 0.25) is 0 Å². The summed E-state index contributed by atoms with van der Waals surface area (Å²) in [4.78, 5) is 16.7. The number of nitrogens with one attached hydrogen (secondary N) is 1. The molecule has 0 radical (unpaired) electrons. The summed E-state index contributed by atoms with van der Waals surface area (Å²) >= 11 is 5.94. The average molecular weight is 361 g/mol. The molecule has 1 aliphatic heterocycles. The van der Waals surface area contributed by atoms with Crippen LogP contribution in [0.5, 0.6) is 0 Å². The Kier molecular flexibility index (Phi) is 6.10. The number of carbonyl (C=O) groups excluding carboxylic acids is 1. The Bertz CT molecular complexity index is 671. The zero-order valence-electron chi connectivity index (χ0n) is 14.6. The van der Waals surface area contributed by atoms with Crippen LogP contribution < -0.4 is 0 Å². The number of carbonyl (C=O) groups is 1. The van der Waals surface area contributed by atoms with Gasteiger partial charge < -0.3 is 9.80 Å². The largest absolute Gasteiger partial charge is 0.341 e. The van der Waals surface area contributed by atoms with Crippen molar-refractivity contribution in [1.29, 1.82) is 0 Å². The van der Waals surface area contributed by atoms with Crippen molar-refractivity contribution in [3.63, 3.8) is 0 Å². The number of benzene rings is 1. The molecule has 1 N–H and O–H groups in total. The smallest absolute Gasteiger partial charge is 0.256 e. The predicted octanol–water partition coefficient (Wildman–Crippen LogP) is 3.09. The molecule has 1 amide bonds. The maximum absolute atomic E-state index is 12.3. The molecule has 2 aromatic rings. The molecule has 2 heterocycles. The van der Waals surface area contributed by atoms with E-state index in [0.29, 0.717) is 11.5 Å². The Balaban J connectivity index is 1.47. The second-order valence-electron chi connectivity index (χ2n) is 6.86. The van der Waals surface area contributed by atoms with Crippen LogP contribution in [-0.2, 0) is 6.42 Å². The second kappa shape index (κ2) is 8.50. The molecule has 0 spiro atoms. The van der Waals surface area contributed by atoms with Crippen molar-refractivity contribution < 1.29 is 4.79 Å². The van der Waals surface area contributed by atoms with Gasteiger partial charge in [0.15, 0.2) is 0 Å². The Morgan fingerprint density at radius 1 is 1.40 bits per heavy atom. The second-order valence-corrected chi connectivity index (χ2v) is 7.29. The third-order valence-electron chi connectivity index (χ3n) is 4.86. The van der Waals surface area contributed by atoms with Gasteiger partial charge in [-0.3, -0.25) is 9.89 Å². The summed E-state index contributed by atoms with van der Waals surface area (Å²) < 4.78 is 0. The Morgan fingerprint density at radius 3 is 2.92 bits per heavy atom. The quantitative estimate of drug-likeness (QED) is 0.861. The van der Waals surface area contributed by atoms with E-state index in [1.54, 1.807) is 12.4 Å². The Morgan fingerprint density at radius 2 is 2.20 bits per heavy atom. The van der Waals surface area contributed by atoms with Crippen LogP contribution in [0.1, 0.15) is 28.8 Å². The number of aromatic amines is 1. The lowest BCUT2D eigenvalue weighted by Gasteiger charge is -2.34. The van der Waals surface area contributed by atoms with Crippen molar-refractivity contribution >= 4 is 17.5 Å². The number of H-pyrrole nitrogens is 1. The molecule has 1 atom stereocenters. The van der Waals surface area contributed by atoms with Gasteiger partial charge in [-0.05, 0) is 49.4 Å². The summed E-state index contributed by atoms with van der Waals surface area (Å²) in [6.07, 6.45) is 6.64. The van der Waals surface area contributed by atoms with E-state index in [-0.39, 0.29) is 5.91 Å². The summed E-state index contributed by atoms with van der Waals surface area (Å²) in [5.41, 5.74) is 1.94. The monoisotopic (exact) mass is 360 g/mol. The van der Waals surface area contributed by atoms with E-state index < -0.39 is 0 Å². The molecule has 0 aliphatic carbocycles. The lowest BCUT2D eigenvalue weighted by atomic mass is 9.97. The number of rotatable bonds is 6. The number of hydrogen-bond acceptors (Lipinski definition) is 3. The fourth-order valence-corrected chi connectivity index (χ4v) is 3.63. The first kappa shape index (κ1) is 18.0. The van der Waals surface area contributed by atoms with E-state index in [4.69, 9.17) is 11.6 Å². The summed E-state index contributed by atoms with van der Waals surface area (Å²) in [6, 6.07) is 8.10. The van der Waals surface area contributed by atoms with Crippen LogP contribution in [0.25, 0.3) is 0 Å². The highest BCUT2D eigenvalue weighted by atomic mass is 35.5. The number of hydrogen-bond donors (Lipinski definition) is 1. The molecule has 3 rings (SSSR count). The number of piperidine rings is 1. The maximum Gasteiger partial charge on any atom is 0.256 e. The van der Waals surface area contributed by atoms with Gasteiger partial charge in [-0.2, -0.15) is 5.10 Å². The highest BCUT2D eigenvalue weighted by molar-refractivity contribution is 6.30. The minimum atomic E-state index is 0.0343. The van der Waals surface area contributed by atoms with Crippen LogP contribution in [0.4, 0.5) is 0 Å². The topological polar surface area (TPSA) is 52.2 Å². The van der Waals surface area contributed by atoms with Gasteiger partial charge in [0.1, 0.15) is 0 Å². The van der Waals surface area contributed by atoms with Gasteiger partial charge in [0, 0.05) is 37.9 Å². The highest BCUT2D eigenvalue weighted by Gasteiger charge is 2.23. The maximum atomic E-state index is 12.3. The summed E-state index contributed by atoms with van der Waals surface area (Å²) in [5.74, 6) is 0.562. The van der Waals surface area contributed by atoms with Crippen LogP contribution in [-0.4, -0.2) is 59.1 Å². The lowest BCUT2D eigenvalue weighted by molar-refractivity contribution is 0.0730. The molecular formula is C19H25ClN4O. The molecular weight excluding hydrogens is 336 g/mol. The van der Waals surface area contributed by atoms with Crippen LogP contribution in [0.2, 0.25) is 5.02 Å². The molecule has 0 unspecified atom stereocenters. The van der Waals surface area contributed by atoms with Crippen LogP contribution in [0, 0.1) is 5.92 Å². The zero-order valence-corrected chi connectivity index (χ0v) is 15.4. The van der Waals surface area contributed by atoms with E-state index in [1.807, 2.05) is 24.1 Å². The molecule has 134 valence electrons. The van der Waals surface area contributed by atoms with Crippen LogP contribution >= 0.6 is 11.6 Å². The standard InChI is InChI=1S/C19H25ClN4O/c1-23(19(25)17-11-21-22-12-17)13-16-3-2-9-24(14-16)10-8-15-4-6-18(20)7-5-15/h4-7,11-12,16H,2-3,8-10,13-14H2,1H3,(H,21,22)/t16-/m1/s1. The molecule has 6 heteroatoms. The normalized spacial score (nSPS) is 18.2. The Hall–Kier alpha value is -1.85. The van der Waals surface area contributed by atoms with Crippen molar-refractivity contribution in [3.05, 3.63) is 52.8 Å². The number of halogens is 1. The minimum Gasteiger partial charge on any atom is -0.341 e. The third kappa shape index (κ3) is 5.06. The van der Waals surface area contributed by atoms with Gasteiger partial charge >= 0.3 is 0 Å². The zero-order chi connectivity index (χ0) is 17.6. The first-order valence-corrected chi connectivity index (χ1v) is 9.20. The predicted molar refractivity (Wildman–Crippen MR) is 99.9 cm³/mol. The average Bonchev–Trinajstić information content (AvgIpc) is 3.15. The summed E-state index contributed by atoms with van der Waals surface area (Å²) in [7, 11) is 1.88. The summed E-state index contributed by atoms with van der Waals surface area (Å²) in [5, 5.41) is 7.34. The third-order valence-corrected chi connectivity index (χ3v) is 5.11.